The van der Waals surface area contributed by atoms with Crippen molar-refractivity contribution < 1.29 is 4.79 Å². The Morgan fingerprint density at radius 3 is 2.80 bits per heavy atom. The zero-order chi connectivity index (χ0) is 14.4. The fourth-order valence-corrected chi connectivity index (χ4v) is 3.64. The van der Waals surface area contributed by atoms with Crippen LogP contribution in [0.4, 0.5) is 0 Å². The number of hydrogen-bond donors (Lipinski definition) is 1. The summed E-state index contributed by atoms with van der Waals surface area (Å²) in [6.45, 7) is 8.38. The molecule has 0 spiro atoms. The number of amides is 1. The lowest BCUT2D eigenvalue weighted by atomic mass is 9.84. The molecule has 0 bridgehead atoms. The van der Waals surface area contributed by atoms with Gasteiger partial charge in [0, 0.05) is 26.1 Å². The molecule has 2 unspecified atom stereocenters. The normalized spacial score (nSPS) is 27.3. The second-order valence-corrected chi connectivity index (χ2v) is 6.69. The molecule has 1 N–H and O–H groups in total. The predicted octanol–water partition coefficient (Wildman–Crippen LogP) is 2.97. The van der Waals surface area contributed by atoms with E-state index in [1.54, 1.807) is 0 Å². The number of piperidine rings is 1. The van der Waals surface area contributed by atoms with Gasteiger partial charge in [-0.05, 0) is 57.4 Å². The summed E-state index contributed by atoms with van der Waals surface area (Å²) in [4.78, 5) is 14.1. The van der Waals surface area contributed by atoms with Crippen LogP contribution in [0.3, 0.4) is 0 Å². The van der Waals surface area contributed by atoms with Crippen LogP contribution in [0.5, 0.6) is 0 Å². The van der Waals surface area contributed by atoms with Gasteiger partial charge in [-0.15, -0.1) is 0 Å². The van der Waals surface area contributed by atoms with E-state index in [1.165, 1.54) is 37.7 Å². The molecule has 1 aliphatic carbocycles. The highest BCUT2D eigenvalue weighted by atomic mass is 16.2. The number of rotatable bonds is 5. The molecule has 2 rings (SSSR count). The van der Waals surface area contributed by atoms with Gasteiger partial charge >= 0.3 is 0 Å². The lowest BCUT2D eigenvalue weighted by Gasteiger charge is -2.27. The first-order valence-electron chi connectivity index (χ1n) is 8.31. The first-order chi connectivity index (χ1) is 9.65. The predicted molar refractivity (Wildman–Crippen MR) is 83.6 cm³/mol. The molecule has 1 saturated heterocycles. The molecule has 0 aromatic carbocycles. The van der Waals surface area contributed by atoms with Crippen molar-refractivity contribution >= 4 is 5.91 Å². The Kier molecular flexibility index (Phi) is 6.08. The topological polar surface area (TPSA) is 32.3 Å². The van der Waals surface area contributed by atoms with E-state index in [-0.39, 0.29) is 0 Å². The van der Waals surface area contributed by atoms with Crippen LogP contribution in [-0.4, -0.2) is 37.0 Å². The number of carbonyl (C=O) groups excluding carboxylic acids is 1. The molecule has 0 aromatic rings. The van der Waals surface area contributed by atoms with Gasteiger partial charge in [0.1, 0.15) is 0 Å². The van der Waals surface area contributed by atoms with Crippen molar-refractivity contribution in [3.63, 3.8) is 0 Å². The van der Waals surface area contributed by atoms with Gasteiger partial charge in [0.15, 0.2) is 0 Å². The summed E-state index contributed by atoms with van der Waals surface area (Å²) in [5.74, 6) is 1.80. The largest absolute Gasteiger partial charge is 0.343 e. The maximum atomic E-state index is 12.0. The van der Waals surface area contributed by atoms with Crippen LogP contribution in [0, 0.1) is 11.8 Å². The van der Waals surface area contributed by atoms with E-state index in [1.807, 2.05) is 4.90 Å². The average Bonchev–Trinajstić information content (AvgIpc) is 2.43. The van der Waals surface area contributed by atoms with Crippen LogP contribution >= 0.6 is 0 Å². The first kappa shape index (κ1) is 15.6. The summed E-state index contributed by atoms with van der Waals surface area (Å²) in [7, 11) is 0. The third-order valence-corrected chi connectivity index (χ3v) is 4.54. The van der Waals surface area contributed by atoms with Crippen LogP contribution in [0.25, 0.3) is 0 Å². The summed E-state index contributed by atoms with van der Waals surface area (Å²) in [6, 6.07) is 0. The molecule has 2 aliphatic rings. The third-order valence-electron chi connectivity index (χ3n) is 4.54. The molecule has 1 fully saturated rings. The minimum Gasteiger partial charge on any atom is -0.343 e. The summed E-state index contributed by atoms with van der Waals surface area (Å²) in [6.07, 6.45) is 9.22. The smallest absolute Gasteiger partial charge is 0.223 e. The number of nitrogens with one attached hydrogen (secondary N) is 1. The van der Waals surface area contributed by atoms with Crippen molar-refractivity contribution in [3.05, 3.63) is 11.6 Å². The number of allylic oxidation sites excluding steroid dienone is 2. The Morgan fingerprint density at radius 2 is 2.10 bits per heavy atom. The van der Waals surface area contributed by atoms with Gasteiger partial charge in [0.2, 0.25) is 5.91 Å². The van der Waals surface area contributed by atoms with E-state index in [4.69, 9.17) is 0 Å². The molecule has 1 aliphatic heterocycles. The van der Waals surface area contributed by atoms with E-state index in [0.29, 0.717) is 18.2 Å². The van der Waals surface area contributed by atoms with Crippen molar-refractivity contribution in [3.8, 4) is 0 Å². The third kappa shape index (κ3) is 4.93. The highest BCUT2D eigenvalue weighted by Gasteiger charge is 2.18. The maximum Gasteiger partial charge on any atom is 0.223 e. The Balaban J connectivity index is 1.59. The number of nitrogens with zero attached hydrogens (tertiary/aromatic N) is 1. The summed E-state index contributed by atoms with van der Waals surface area (Å²) in [5.41, 5.74) is 1.53. The van der Waals surface area contributed by atoms with Gasteiger partial charge < -0.3 is 10.2 Å². The second kappa shape index (κ2) is 7.82. The molecular formula is C17H30N2O. The zero-order valence-electron chi connectivity index (χ0n) is 13.2. The fourth-order valence-electron chi connectivity index (χ4n) is 3.64. The highest BCUT2D eigenvalue weighted by molar-refractivity contribution is 5.76. The van der Waals surface area contributed by atoms with Crippen molar-refractivity contribution in [1.29, 1.82) is 0 Å². The van der Waals surface area contributed by atoms with Gasteiger partial charge in [-0.3, -0.25) is 4.79 Å². The summed E-state index contributed by atoms with van der Waals surface area (Å²) < 4.78 is 0. The lowest BCUT2D eigenvalue weighted by molar-refractivity contribution is -0.131. The van der Waals surface area contributed by atoms with E-state index in [0.717, 1.165) is 32.1 Å². The molecule has 20 heavy (non-hydrogen) atoms. The molecule has 3 nitrogen and oxygen atoms in total. The molecule has 3 heteroatoms. The Labute approximate surface area is 123 Å². The molecule has 0 aromatic heterocycles. The van der Waals surface area contributed by atoms with Gasteiger partial charge in [0.25, 0.3) is 0 Å². The molecule has 0 radical (unpaired) electrons. The number of carbonyl (C=O) groups is 1. The van der Waals surface area contributed by atoms with Crippen molar-refractivity contribution in [2.45, 2.75) is 52.4 Å². The van der Waals surface area contributed by atoms with Crippen LogP contribution in [-0.2, 0) is 4.79 Å². The van der Waals surface area contributed by atoms with Gasteiger partial charge in [0.05, 0.1) is 0 Å². The van der Waals surface area contributed by atoms with Gasteiger partial charge in [-0.1, -0.05) is 18.6 Å². The van der Waals surface area contributed by atoms with E-state index < -0.39 is 0 Å². The average molecular weight is 278 g/mol. The van der Waals surface area contributed by atoms with E-state index in [2.05, 4.69) is 25.2 Å². The second-order valence-electron chi connectivity index (χ2n) is 6.69. The highest BCUT2D eigenvalue weighted by Crippen LogP contribution is 2.27. The quantitative estimate of drug-likeness (QED) is 0.619. The van der Waals surface area contributed by atoms with Crippen LogP contribution in [0.2, 0.25) is 0 Å². The zero-order valence-corrected chi connectivity index (χ0v) is 13.2. The molecule has 1 heterocycles. The maximum absolute atomic E-state index is 12.0. The molecule has 2 atom stereocenters. The Bertz CT molecular complexity index is 345. The minimum absolute atomic E-state index is 0.338. The monoisotopic (exact) mass is 278 g/mol. The molecule has 0 saturated carbocycles. The Morgan fingerprint density at radius 1 is 1.35 bits per heavy atom. The first-order valence-corrected chi connectivity index (χ1v) is 8.31. The SMILES string of the molecule is CC1=CC(C)CC(CNCCC(=O)N2CCCCC2)C1. The molecule has 114 valence electrons. The van der Waals surface area contributed by atoms with Crippen LogP contribution in [0.1, 0.15) is 52.4 Å². The standard InChI is InChI=1S/C17H30N2O/c1-14-10-15(2)12-16(11-14)13-18-7-6-17(20)19-8-4-3-5-9-19/h10,14,16,18H,3-9,11-13H2,1-2H3. The number of likely N-dealkylation sites (tertiary alicyclic amines) is 1. The Hall–Kier alpha value is -0.830. The van der Waals surface area contributed by atoms with Crippen LogP contribution < -0.4 is 5.32 Å². The van der Waals surface area contributed by atoms with Crippen LogP contribution in [0.15, 0.2) is 11.6 Å². The summed E-state index contributed by atoms with van der Waals surface area (Å²) >= 11 is 0. The van der Waals surface area contributed by atoms with Gasteiger partial charge in [-0.2, -0.15) is 0 Å². The lowest BCUT2D eigenvalue weighted by Crippen LogP contribution is -2.37. The van der Waals surface area contributed by atoms with E-state index >= 15 is 0 Å². The molecular weight excluding hydrogens is 248 g/mol. The van der Waals surface area contributed by atoms with Crippen molar-refractivity contribution in [1.82, 2.24) is 10.2 Å². The van der Waals surface area contributed by atoms with E-state index in [9.17, 15) is 4.79 Å². The summed E-state index contributed by atoms with van der Waals surface area (Å²) in [5, 5.41) is 3.49. The van der Waals surface area contributed by atoms with Gasteiger partial charge in [-0.25, -0.2) is 0 Å². The molecule has 1 amide bonds. The van der Waals surface area contributed by atoms with Crippen molar-refractivity contribution in [2.75, 3.05) is 26.2 Å². The van der Waals surface area contributed by atoms with Crippen molar-refractivity contribution in [2.24, 2.45) is 11.8 Å². The minimum atomic E-state index is 0.338. The number of hydrogen-bond acceptors (Lipinski definition) is 2. The fraction of sp³-hybridized carbons (Fsp3) is 0.824.